The van der Waals surface area contributed by atoms with Crippen LogP contribution >= 0.6 is 11.8 Å². The number of sulfonamides is 1. The fourth-order valence-electron chi connectivity index (χ4n) is 2.72. The minimum atomic E-state index is -3.75. The van der Waals surface area contributed by atoms with Gasteiger partial charge in [-0.2, -0.15) is 0 Å². The van der Waals surface area contributed by atoms with Crippen LogP contribution in [0.3, 0.4) is 0 Å². The van der Waals surface area contributed by atoms with Crippen molar-refractivity contribution in [2.24, 2.45) is 0 Å². The van der Waals surface area contributed by atoms with E-state index in [2.05, 4.69) is 5.32 Å². The van der Waals surface area contributed by atoms with Gasteiger partial charge in [-0.1, -0.05) is 26.0 Å². The Morgan fingerprint density at radius 1 is 1.15 bits per heavy atom. The van der Waals surface area contributed by atoms with Gasteiger partial charge >= 0.3 is 0 Å². The number of nitrogens with zero attached hydrogens (tertiary/aromatic N) is 1. The summed E-state index contributed by atoms with van der Waals surface area (Å²) >= 11 is 1.59. The van der Waals surface area contributed by atoms with E-state index in [9.17, 15) is 17.6 Å². The first-order chi connectivity index (χ1) is 12.8. The van der Waals surface area contributed by atoms with Gasteiger partial charge < -0.3 is 5.32 Å². The van der Waals surface area contributed by atoms with Crippen molar-refractivity contribution in [2.75, 3.05) is 21.6 Å². The standard InChI is InChI=1S/C19H23FN2O3S2/c1-4-17(19(23)21-16-8-6-7-9-18(16)26-5-2)22(27(3,24)25)15-12-10-14(20)11-13-15/h6-13,17H,4-5H2,1-3H3,(H,21,23)/t17-/m1/s1. The van der Waals surface area contributed by atoms with Crippen LogP contribution in [0.1, 0.15) is 20.3 Å². The molecule has 0 bridgehead atoms. The molecular formula is C19H23FN2O3S2. The summed E-state index contributed by atoms with van der Waals surface area (Å²) in [5, 5.41) is 2.84. The Hall–Kier alpha value is -2.06. The molecule has 0 fully saturated rings. The van der Waals surface area contributed by atoms with Crippen molar-refractivity contribution in [2.45, 2.75) is 31.2 Å². The first-order valence-electron chi connectivity index (χ1n) is 8.55. The maximum absolute atomic E-state index is 13.2. The average molecular weight is 411 g/mol. The molecule has 0 saturated heterocycles. The monoisotopic (exact) mass is 410 g/mol. The van der Waals surface area contributed by atoms with E-state index in [1.54, 1.807) is 24.8 Å². The number of hydrogen-bond acceptors (Lipinski definition) is 4. The summed E-state index contributed by atoms with van der Waals surface area (Å²) < 4.78 is 39.1. The van der Waals surface area contributed by atoms with Crippen molar-refractivity contribution in [3.8, 4) is 0 Å². The van der Waals surface area contributed by atoms with Crippen LogP contribution in [0, 0.1) is 5.82 Å². The number of anilines is 2. The number of para-hydroxylation sites is 1. The molecule has 0 spiro atoms. The highest BCUT2D eigenvalue weighted by Gasteiger charge is 2.31. The highest BCUT2D eigenvalue weighted by molar-refractivity contribution is 7.99. The van der Waals surface area contributed by atoms with E-state index < -0.39 is 27.8 Å². The molecule has 0 saturated carbocycles. The average Bonchev–Trinajstić information content (AvgIpc) is 2.61. The van der Waals surface area contributed by atoms with Gasteiger partial charge in [-0.3, -0.25) is 9.10 Å². The number of rotatable bonds is 8. The number of halogens is 1. The van der Waals surface area contributed by atoms with Gasteiger partial charge in [0.1, 0.15) is 11.9 Å². The lowest BCUT2D eigenvalue weighted by Crippen LogP contribution is -2.47. The van der Waals surface area contributed by atoms with E-state index in [-0.39, 0.29) is 12.1 Å². The van der Waals surface area contributed by atoms with E-state index in [1.807, 2.05) is 25.1 Å². The van der Waals surface area contributed by atoms with Gasteiger partial charge in [-0.15, -0.1) is 11.8 Å². The summed E-state index contributed by atoms with van der Waals surface area (Å²) in [6.45, 7) is 3.75. The molecule has 0 aromatic heterocycles. The lowest BCUT2D eigenvalue weighted by Gasteiger charge is -2.30. The molecule has 2 aromatic rings. The predicted molar refractivity (Wildman–Crippen MR) is 109 cm³/mol. The quantitative estimate of drug-likeness (QED) is 0.665. The Morgan fingerprint density at radius 3 is 2.33 bits per heavy atom. The van der Waals surface area contributed by atoms with Crippen LogP contribution in [0.2, 0.25) is 0 Å². The maximum Gasteiger partial charge on any atom is 0.248 e. The lowest BCUT2D eigenvalue weighted by atomic mass is 10.1. The third-order valence-electron chi connectivity index (χ3n) is 3.86. The fraction of sp³-hybridized carbons (Fsp3) is 0.316. The van der Waals surface area contributed by atoms with Crippen molar-refractivity contribution in [1.29, 1.82) is 0 Å². The molecule has 0 aliphatic heterocycles. The number of nitrogens with one attached hydrogen (secondary N) is 1. The molecule has 1 atom stereocenters. The number of carbonyl (C=O) groups is 1. The van der Waals surface area contributed by atoms with Crippen molar-refractivity contribution in [1.82, 2.24) is 0 Å². The lowest BCUT2D eigenvalue weighted by molar-refractivity contribution is -0.117. The molecule has 1 amide bonds. The molecule has 2 aromatic carbocycles. The Balaban J connectivity index is 2.37. The van der Waals surface area contributed by atoms with Gasteiger partial charge in [-0.25, -0.2) is 12.8 Å². The largest absolute Gasteiger partial charge is 0.323 e. The van der Waals surface area contributed by atoms with Gasteiger partial charge in [0.05, 0.1) is 17.6 Å². The van der Waals surface area contributed by atoms with E-state index in [0.717, 1.165) is 21.2 Å². The van der Waals surface area contributed by atoms with Crippen molar-refractivity contribution in [3.05, 3.63) is 54.3 Å². The van der Waals surface area contributed by atoms with Gasteiger partial charge in [0.2, 0.25) is 15.9 Å². The molecule has 5 nitrogen and oxygen atoms in total. The summed E-state index contributed by atoms with van der Waals surface area (Å²) in [5.74, 6) is -0.0681. The molecule has 0 heterocycles. The zero-order chi connectivity index (χ0) is 20.0. The molecule has 0 radical (unpaired) electrons. The molecule has 2 rings (SSSR count). The first kappa shape index (κ1) is 21.2. The summed E-state index contributed by atoms with van der Waals surface area (Å²) in [6.07, 6.45) is 1.30. The smallest absolute Gasteiger partial charge is 0.248 e. The van der Waals surface area contributed by atoms with Crippen molar-refractivity contribution >= 4 is 39.1 Å². The van der Waals surface area contributed by atoms with Crippen LogP contribution in [0.5, 0.6) is 0 Å². The van der Waals surface area contributed by atoms with Gasteiger partial charge in [0.25, 0.3) is 0 Å². The van der Waals surface area contributed by atoms with E-state index in [0.29, 0.717) is 5.69 Å². The Morgan fingerprint density at radius 2 is 1.78 bits per heavy atom. The van der Waals surface area contributed by atoms with Crippen molar-refractivity contribution < 1.29 is 17.6 Å². The van der Waals surface area contributed by atoms with Crippen LogP contribution in [0.4, 0.5) is 15.8 Å². The zero-order valence-electron chi connectivity index (χ0n) is 15.5. The van der Waals surface area contributed by atoms with E-state index in [1.165, 1.54) is 24.3 Å². The Labute approximate surface area is 164 Å². The Bertz CT molecular complexity index is 886. The summed E-state index contributed by atoms with van der Waals surface area (Å²) in [4.78, 5) is 13.8. The van der Waals surface area contributed by atoms with Gasteiger partial charge in [0.15, 0.2) is 0 Å². The van der Waals surface area contributed by atoms with Crippen LogP contribution in [0.15, 0.2) is 53.4 Å². The topological polar surface area (TPSA) is 66.5 Å². The highest BCUT2D eigenvalue weighted by atomic mass is 32.2. The summed E-state index contributed by atoms with van der Waals surface area (Å²) in [6, 6.07) is 11.5. The Kier molecular flexibility index (Phi) is 7.26. The highest BCUT2D eigenvalue weighted by Crippen LogP contribution is 2.28. The molecule has 0 unspecified atom stereocenters. The second-order valence-corrected chi connectivity index (χ2v) is 9.04. The van der Waals surface area contributed by atoms with E-state index in [4.69, 9.17) is 0 Å². The maximum atomic E-state index is 13.2. The van der Waals surface area contributed by atoms with Gasteiger partial charge in [0, 0.05) is 4.90 Å². The van der Waals surface area contributed by atoms with Crippen LogP contribution in [-0.2, 0) is 14.8 Å². The number of benzene rings is 2. The van der Waals surface area contributed by atoms with Crippen molar-refractivity contribution in [3.63, 3.8) is 0 Å². The van der Waals surface area contributed by atoms with Crippen LogP contribution in [0.25, 0.3) is 0 Å². The molecule has 0 aliphatic carbocycles. The third-order valence-corrected chi connectivity index (χ3v) is 5.99. The van der Waals surface area contributed by atoms with Crippen LogP contribution in [-0.4, -0.2) is 32.4 Å². The molecule has 1 N–H and O–H groups in total. The molecule has 27 heavy (non-hydrogen) atoms. The fourth-order valence-corrected chi connectivity index (χ4v) is 4.69. The zero-order valence-corrected chi connectivity index (χ0v) is 17.1. The molecule has 0 aliphatic rings. The molecular weight excluding hydrogens is 387 g/mol. The molecule has 8 heteroatoms. The minimum Gasteiger partial charge on any atom is -0.323 e. The summed E-state index contributed by atoms with van der Waals surface area (Å²) in [7, 11) is -3.75. The van der Waals surface area contributed by atoms with E-state index >= 15 is 0 Å². The second kappa shape index (κ2) is 9.23. The second-order valence-electron chi connectivity index (χ2n) is 5.88. The predicted octanol–water partition coefficient (Wildman–Crippen LogP) is 4.12. The number of carbonyl (C=O) groups excluding carboxylic acids is 1. The normalized spacial score (nSPS) is 12.4. The van der Waals surface area contributed by atoms with Crippen LogP contribution < -0.4 is 9.62 Å². The number of hydrogen-bond donors (Lipinski definition) is 1. The van der Waals surface area contributed by atoms with Gasteiger partial charge in [-0.05, 0) is 48.6 Å². The number of amides is 1. The number of thioether (sulfide) groups is 1. The SMILES string of the molecule is CCSc1ccccc1NC(=O)[C@@H](CC)N(c1ccc(F)cc1)S(C)(=O)=O. The first-order valence-corrected chi connectivity index (χ1v) is 11.4. The summed E-state index contributed by atoms with van der Waals surface area (Å²) in [5.41, 5.74) is 0.887. The third kappa shape index (κ3) is 5.46. The molecule has 146 valence electrons. The minimum absolute atomic E-state index is 0.247.